The van der Waals surface area contributed by atoms with Crippen molar-refractivity contribution < 1.29 is 27.6 Å². The fraction of sp³-hybridized carbons (Fsp3) is 0.435. The summed E-state index contributed by atoms with van der Waals surface area (Å²) in [6, 6.07) is 3.74. The lowest BCUT2D eigenvalue weighted by molar-refractivity contribution is -0.138. The molecule has 186 valence electrons. The van der Waals surface area contributed by atoms with Gasteiger partial charge in [-0.2, -0.15) is 13.2 Å². The van der Waals surface area contributed by atoms with Crippen LogP contribution < -0.4 is 15.5 Å². The van der Waals surface area contributed by atoms with Crippen molar-refractivity contribution in [3.63, 3.8) is 0 Å². The standard InChI is InChI=1S/C23H25F3N6O3/c1-3-4-9-27-21(34)18-13(2)17-19(30-29-18)32-11-10-31(12-16(32)20(33)28-17)22(35)14-7-5-6-8-15(14)23(24,25)26/h5-8,16H,3-4,9-12H2,1-2H3,(H,27,34)(H,28,33). The molecular formula is C23H25F3N6O3. The first-order valence-corrected chi connectivity index (χ1v) is 11.3. The van der Waals surface area contributed by atoms with Gasteiger partial charge in [0.2, 0.25) is 5.91 Å². The molecule has 35 heavy (non-hydrogen) atoms. The number of anilines is 2. The third-order valence-electron chi connectivity index (χ3n) is 6.18. The Kier molecular flexibility index (Phi) is 6.64. The van der Waals surface area contributed by atoms with Gasteiger partial charge in [0, 0.05) is 25.2 Å². The molecule has 1 saturated heterocycles. The van der Waals surface area contributed by atoms with Crippen LogP contribution in [0.1, 0.15) is 51.7 Å². The summed E-state index contributed by atoms with van der Waals surface area (Å²) in [7, 11) is 0. The number of rotatable bonds is 5. The monoisotopic (exact) mass is 490 g/mol. The molecule has 1 aromatic carbocycles. The second-order valence-electron chi connectivity index (χ2n) is 8.47. The van der Waals surface area contributed by atoms with Gasteiger partial charge in [-0.3, -0.25) is 14.4 Å². The molecule has 0 spiro atoms. The van der Waals surface area contributed by atoms with Gasteiger partial charge in [-0.25, -0.2) is 0 Å². The Morgan fingerprint density at radius 3 is 2.66 bits per heavy atom. The van der Waals surface area contributed by atoms with Gasteiger partial charge in [0.25, 0.3) is 11.8 Å². The number of benzene rings is 1. The van der Waals surface area contributed by atoms with Crippen molar-refractivity contribution >= 4 is 29.2 Å². The molecule has 2 N–H and O–H groups in total. The van der Waals surface area contributed by atoms with E-state index in [0.29, 0.717) is 23.6 Å². The number of nitrogens with one attached hydrogen (secondary N) is 2. The average molecular weight is 490 g/mol. The Labute approximate surface area is 199 Å². The number of hydrogen-bond acceptors (Lipinski definition) is 6. The van der Waals surface area contributed by atoms with Gasteiger partial charge < -0.3 is 20.4 Å². The maximum Gasteiger partial charge on any atom is 0.417 e. The van der Waals surface area contributed by atoms with Crippen LogP contribution in [0.15, 0.2) is 24.3 Å². The molecule has 2 aliphatic rings. The molecule has 9 nitrogen and oxygen atoms in total. The van der Waals surface area contributed by atoms with E-state index in [1.54, 1.807) is 11.8 Å². The highest BCUT2D eigenvalue weighted by Crippen LogP contribution is 2.36. The van der Waals surface area contributed by atoms with Crippen molar-refractivity contribution in [2.75, 3.05) is 36.4 Å². The number of aromatic nitrogens is 2. The minimum absolute atomic E-state index is 0.0915. The zero-order valence-electron chi connectivity index (χ0n) is 19.3. The molecule has 0 saturated carbocycles. The highest BCUT2D eigenvalue weighted by molar-refractivity contribution is 6.06. The molecule has 4 rings (SSSR count). The van der Waals surface area contributed by atoms with E-state index >= 15 is 0 Å². The van der Waals surface area contributed by atoms with E-state index in [4.69, 9.17) is 0 Å². The Bertz CT molecular complexity index is 1170. The molecule has 0 aliphatic carbocycles. The van der Waals surface area contributed by atoms with E-state index in [9.17, 15) is 27.6 Å². The van der Waals surface area contributed by atoms with Crippen LogP contribution in [-0.2, 0) is 11.0 Å². The van der Waals surface area contributed by atoms with Gasteiger partial charge in [0.1, 0.15) is 6.04 Å². The Balaban J connectivity index is 1.56. The summed E-state index contributed by atoms with van der Waals surface area (Å²) >= 11 is 0. The lowest BCUT2D eigenvalue weighted by Gasteiger charge is -2.44. The fourth-order valence-corrected chi connectivity index (χ4v) is 4.28. The van der Waals surface area contributed by atoms with Crippen LogP contribution >= 0.6 is 0 Å². The summed E-state index contributed by atoms with van der Waals surface area (Å²) in [4.78, 5) is 41.3. The van der Waals surface area contributed by atoms with Gasteiger partial charge in [-0.05, 0) is 25.5 Å². The minimum atomic E-state index is -4.68. The summed E-state index contributed by atoms with van der Waals surface area (Å²) < 4.78 is 40.2. The zero-order chi connectivity index (χ0) is 25.3. The van der Waals surface area contributed by atoms with Crippen molar-refractivity contribution in [3.8, 4) is 0 Å². The maximum absolute atomic E-state index is 13.4. The van der Waals surface area contributed by atoms with Crippen LogP contribution in [0.3, 0.4) is 0 Å². The Hall–Kier alpha value is -3.70. The fourth-order valence-electron chi connectivity index (χ4n) is 4.28. The summed E-state index contributed by atoms with van der Waals surface area (Å²) in [5.41, 5.74) is -0.537. The van der Waals surface area contributed by atoms with Crippen molar-refractivity contribution in [1.82, 2.24) is 20.4 Å². The first-order valence-electron chi connectivity index (χ1n) is 11.3. The molecule has 3 amide bonds. The van der Waals surface area contributed by atoms with Crippen LogP contribution in [0, 0.1) is 6.92 Å². The summed E-state index contributed by atoms with van der Waals surface area (Å²) in [5.74, 6) is -1.26. The van der Waals surface area contributed by atoms with E-state index < -0.39 is 35.2 Å². The van der Waals surface area contributed by atoms with E-state index in [0.717, 1.165) is 25.0 Å². The van der Waals surface area contributed by atoms with Crippen LogP contribution in [-0.4, -0.2) is 65.0 Å². The highest BCUT2D eigenvalue weighted by atomic mass is 19.4. The van der Waals surface area contributed by atoms with Gasteiger partial charge in [0.05, 0.1) is 23.4 Å². The Morgan fingerprint density at radius 2 is 1.94 bits per heavy atom. The first kappa shape index (κ1) is 24.4. The van der Waals surface area contributed by atoms with Crippen molar-refractivity contribution in [2.24, 2.45) is 0 Å². The number of alkyl halides is 3. The second kappa shape index (κ2) is 9.51. The number of nitrogens with zero attached hydrogens (tertiary/aromatic N) is 4. The molecule has 0 bridgehead atoms. The van der Waals surface area contributed by atoms with Crippen molar-refractivity contribution in [1.29, 1.82) is 0 Å². The number of fused-ring (bicyclic) bond motifs is 3. The number of carbonyl (C=O) groups excluding carboxylic acids is 3. The lowest BCUT2D eigenvalue weighted by Crippen LogP contribution is -2.61. The van der Waals surface area contributed by atoms with Crippen LogP contribution in [0.2, 0.25) is 0 Å². The van der Waals surface area contributed by atoms with E-state index in [2.05, 4.69) is 20.8 Å². The van der Waals surface area contributed by atoms with Gasteiger partial charge >= 0.3 is 6.18 Å². The van der Waals surface area contributed by atoms with Crippen LogP contribution in [0.5, 0.6) is 0 Å². The largest absolute Gasteiger partial charge is 0.417 e. The molecular weight excluding hydrogens is 465 g/mol. The highest BCUT2D eigenvalue weighted by Gasteiger charge is 2.42. The molecule has 1 unspecified atom stereocenters. The van der Waals surface area contributed by atoms with Crippen LogP contribution in [0.4, 0.5) is 24.7 Å². The summed E-state index contributed by atoms with van der Waals surface area (Å²) in [5, 5.41) is 13.8. The second-order valence-corrected chi connectivity index (χ2v) is 8.47. The van der Waals surface area contributed by atoms with E-state index in [1.807, 2.05) is 6.92 Å². The predicted octanol–water partition coefficient (Wildman–Crippen LogP) is 2.62. The van der Waals surface area contributed by atoms with Crippen molar-refractivity contribution in [2.45, 2.75) is 38.9 Å². The molecule has 2 aromatic rings. The SMILES string of the molecule is CCCCNC(=O)c1nnc2c(c1C)NC(=O)C1CN(C(=O)c3ccccc3C(F)(F)F)CCN21. The van der Waals surface area contributed by atoms with Gasteiger partial charge in [0.15, 0.2) is 11.5 Å². The molecule has 1 aromatic heterocycles. The lowest BCUT2D eigenvalue weighted by atomic mass is 10.0. The number of piperazine rings is 1. The predicted molar refractivity (Wildman–Crippen MR) is 121 cm³/mol. The molecule has 1 atom stereocenters. The number of unbranched alkanes of at least 4 members (excludes halogenated alkanes) is 1. The zero-order valence-corrected chi connectivity index (χ0v) is 19.3. The molecule has 3 heterocycles. The number of carbonyl (C=O) groups is 3. The van der Waals surface area contributed by atoms with E-state index in [-0.39, 0.29) is 31.2 Å². The smallest absolute Gasteiger partial charge is 0.351 e. The number of halogens is 3. The van der Waals surface area contributed by atoms with Gasteiger partial charge in [-0.15, -0.1) is 10.2 Å². The topological polar surface area (TPSA) is 108 Å². The maximum atomic E-state index is 13.4. The van der Waals surface area contributed by atoms with E-state index in [1.165, 1.54) is 17.0 Å². The molecule has 2 aliphatic heterocycles. The summed E-state index contributed by atoms with van der Waals surface area (Å²) in [6.45, 7) is 4.31. The number of amides is 3. The third kappa shape index (κ3) is 4.64. The van der Waals surface area contributed by atoms with Crippen molar-refractivity contribution in [3.05, 3.63) is 46.6 Å². The minimum Gasteiger partial charge on any atom is -0.351 e. The molecule has 0 radical (unpaired) electrons. The Morgan fingerprint density at radius 1 is 1.20 bits per heavy atom. The molecule has 12 heteroatoms. The molecule has 1 fully saturated rings. The van der Waals surface area contributed by atoms with Gasteiger partial charge in [-0.1, -0.05) is 25.5 Å². The normalized spacial score (nSPS) is 17.4. The average Bonchev–Trinajstić information content (AvgIpc) is 2.83. The third-order valence-corrected chi connectivity index (χ3v) is 6.18. The first-order chi connectivity index (χ1) is 16.6. The number of hydrogen-bond donors (Lipinski definition) is 2. The van der Waals surface area contributed by atoms with Crippen LogP contribution in [0.25, 0.3) is 0 Å². The summed E-state index contributed by atoms with van der Waals surface area (Å²) in [6.07, 6.45) is -2.94. The quantitative estimate of drug-likeness (QED) is 0.624.